The number of rotatable bonds is 1. The second-order valence-corrected chi connectivity index (χ2v) is 7.70. The second kappa shape index (κ2) is 10.7. The molecule has 0 saturated heterocycles. The summed E-state index contributed by atoms with van der Waals surface area (Å²) in [6, 6.07) is 1.50. The van der Waals surface area contributed by atoms with Gasteiger partial charge in [-0.25, -0.2) is 0 Å². The highest BCUT2D eigenvalue weighted by atomic mass is 79.9. The van der Waals surface area contributed by atoms with Crippen molar-refractivity contribution in [1.29, 1.82) is 0 Å². The van der Waals surface area contributed by atoms with Crippen LogP contribution in [0.2, 0.25) is 0 Å². The van der Waals surface area contributed by atoms with Crippen molar-refractivity contribution in [3.8, 4) is 17.8 Å². The van der Waals surface area contributed by atoms with Crippen molar-refractivity contribution < 1.29 is 9.15 Å². The lowest BCUT2D eigenvalue weighted by molar-refractivity contribution is 0.142. The highest BCUT2D eigenvalue weighted by Gasteiger charge is 2.21. The predicted octanol–water partition coefficient (Wildman–Crippen LogP) is 5.56. The van der Waals surface area contributed by atoms with E-state index in [0.29, 0.717) is 23.1 Å². The molecule has 0 fully saturated rings. The summed E-state index contributed by atoms with van der Waals surface area (Å²) in [7, 11) is 0. The van der Waals surface area contributed by atoms with Crippen molar-refractivity contribution in [2.24, 2.45) is 0 Å². The molecular formula is C20H22Br2O3. The lowest BCUT2D eigenvalue weighted by Crippen LogP contribution is -2.27. The number of allylic oxidation sites excluding steroid dienone is 4. The molecule has 2 rings (SSSR count). The maximum Gasteiger partial charge on any atom is 0.303 e. The third-order valence-electron chi connectivity index (χ3n) is 3.78. The molecule has 2 bridgehead atoms. The van der Waals surface area contributed by atoms with E-state index in [1.807, 2.05) is 0 Å². The molecule has 0 unspecified atom stereocenters. The molecule has 5 heteroatoms. The first-order chi connectivity index (χ1) is 12.1. The van der Waals surface area contributed by atoms with Gasteiger partial charge in [0.05, 0.1) is 4.83 Å². The molecule has 0 aliphatic carbocycles. The molecule has 25 heavy (non-hydrogen) atoms. The lowest BCUT2D eigenvalue weighted by atomic mass is 10.1. The molecule has 134 valence electrons. The fourth-order valence-corrected chi connectivity index (χ4v) is 3.38. The van der Waals surface area contributed by atoms with E-state index in [0.717, 1.165) is 25.7 Å². The quantitative estimate of drug-likeness (QED) is 0.307. The van der Waals surface area contributed by atoms with Crippen LogP contribution >= 0.6 is 31.9 Å². The highest BCUT2D eigenvalue weighted by molar-refractivity contribution is 9.10. The van der Waals surface area contributed by atoms with Crippen LogP contribution in [-0.4, -0.2) is 10.9 Å². The summed E-state index contributed by atoms with van der Waals surface area (Å²) in [6.45, 7) is 2.05. The van der Waals surface area contributed by atoms with E-state index in [4.69, 9.17) is 9.15 Å². The number of hydrogen-bond donors (Lipinski definition) is 0. The predicted molar refractivity (Wildman–Crippen MR) is 108 cm³/mol. The Bertz CT molecular complexity index is 738. The maximum absolute atomic E-state index is 12.2. The van der Waals surface area contributed by atoms with Gasteiger partial charge in [0.2, 0.25) is 5.43 Å². The van der Waals surface area contributed by atoms with Crippen molar-refractivity contribution in [2.45, 2.75) is 56.4 Å². The van der Waals surface area contributed by atoms with Crippen LogP contribution in [0.3, 0.4) is 0 Å². The van der Waals surface area contributed by atoms with Crippen LogP contribution in [0.4, 0.5) is 0 Å². The summed E-state index contributed by atoms with van der Waals surface area (Å²) in [4.78, 5) is 12.3. The first-order valence-electron chi connectivity index (χ1n) is 8.50. The zero-order chi connectivity index (χ0) is 18.1. The van der Waals surface area contributed by atoms with E-state index >= 15 is 0 Å². The molecule has 1 aliphatic heterocycles. The van der Waals surface area contributed by atoms with E-state index in [-0.39, 0.29) is 22.3 Å². The average Bonchev–Trinajstić information content (AvgIpc) is 2.60. The fourth-order valence-electron chi connectivity index (χ4n) is 2.39. The van der Waals surface area contributed by atoms with Crippen LogP contribution in [-0.2, 0) is 6.42 Å². The molecule has 3 nitrogen and oxygen atoms in total. The molecule has 2 atom stereocenters. The topological polar surface area (TPSA) is 39.4 Å². The Morgan fingerprint density at radius 3 is 2.84 bits per heavy atom. The molecule has 1 aromatic rings. The van der Waals surface area contributed by atoms with E-state index in [2.05, 4.69) is 74.9 Å². The van der Waals surface area contributed by atoms with Gasteiger partial charge in [-0.05, 0) is 35.2 Å². The van der Waals surface area contributed by atoms with Gasteiger partial charge in [0.15, 0.2) is 0 Å². The Morgan fingerprint density at radius 2 is 2.04 bits per heavy atom. The highest BCUT2D eigenvalue weighted by Crippen LogP contribution is 2.27. The molecular weight excluding hydrogens is 448 g/mol. The first-order valence-corrected chi connectivity index (χ1v) is 10.2. The monoisotopic (exact) mass is 468 g/mol. The van der Waals surface area contributed by atoms with Crippen LogP contribution < -0.4 is 10.2 Å². The number of halogens is 2. The van der Waals surface area contributed by atoms with Crippen molar-refractivity contribution in [3.63, 3.8) is 0 Å². The van der Waals surface area contributed by atoms with Gasteiger partial charge < -0.3 is 9.15 Å². The standard InChI is InChI=1S/C20H22Br2O3/c1-2-18-16(21)13-11-9-7-5-3-4-6-8-10-12-15-14-17(23)19(22)20(24-15)25-18/h3,5,9,11,14,16,18H,2,4,7,10,12-13H2,1H3/t16-,18-/m0/s1. The Morgan fingerprint density at radius 1 is 1.24 bits per heavy atom. The van der Waals surface area contributed by atoms with Gasteiger partial charge >= 0.3 is 5.95 Å². The van der Waals surface area contributed by atoms with Crippen LogP contribution in [0.25, 0.3) is 0 Å². The van der Waals surface area contributed by atoms with Crippen LogP contribution in [0, 0.1) is 11.8 Å². The van der Waals surface area contributed by atoms with E-state index in [9.17, 15) is 4.79 Å². The minimum absolute atomic E-state index is 0.0923. The molecule has 0 aromatic carbocycles. The van der Waals surface area contributed by atoms with Gasteiger partial charge in [0.1, 0.15) is 16.3 Å². The maximum atomic E-state index is 12.2. The zero-order valence-electron chi connectivity index (χ0n) is 14.3. The number of ether oxygens (including phenoxy) is 1. The van der Waals surface area contributed by atoms with Crippen molar-refractivity contribution >= 4 is 31.9 Å². The summed E-state index contributed by atoms with van der Waals surface area (Å²) in [6.07, 6.45) is 12.9. The molecule has 1 aromatic heterocycles. The summed E-state index contributed by atoms with van der Waals surface area (Å²) in [5.41, 5.74) is -0.133. The molecule has 1 aliphatic rings. The summed E-state index contributed by atoms with van der Waals surface area (Å²) >= 11 is 6.99. The Hall–Kier alpha value is -1.25. The number of fused-ring (bicyclic) bond motifs is 2. The molecule has 0 radical (unpaired) electrons. The third-order valence-corrected chi connectivity index (χ3v) is 5.46. The van der Waals surface area contributed by atoms with Gasteiger partial charge in [-0.2, -0.15) is 0 Å². The second-order valence-electron chi connectivity index (χ2n) is 5.73. The fraction of sp³-hybridized carbons (Fsp3) is 0.450. The van der Waals surface area contributed by atoms with Crippen molar-refractivity contribution in [3.05, 3.63) is 50.8 Å². The Kier molecular flexibility index (Phi) is 8.57. The summed E-state index contributed by atoms with van der Waals surface area (Å²) < 4.78 is 12.1. The minimum atomic E-state index is -0.133. The number of alkyl halides is 1. The lowest BCUT2D eigenvalue weighted by Gasteiger charge is -2.21. The smallest absolute Gasteiger partial charge is 0.303 e. The minimum Gasteiger partial charge on any atom is -0.460 e. The van der Waals surface area contributed by atoms with Crippen molar-refractivity contribution in [1.82, 2.24) is 0 Å². The van der Waals surface area contributed by atoms with Gasteiger partial charge in [-0.3, -0.25) is 4.79 Å². The normalized spacial score (nSPS) is 21.7. The molecule has 2 heterocycles. The largest absolute Gasteiger partial charge is 0.460 e. The average molecular weight is 470 g/mol. The van der Waals surface area contributed by atoms with Gasteiger partial charge in [0, 0.05) is 25.3 Å². The molecule has 0 amide bonds. The Balaban J connectivity index is 2.28. The summed E-state index contributed by atoms with van der Waals surface area (Å²) in [5.74, 6) is 7.06. The molecule has 0 spiro atoms. The number of hydrogen-bond acceptors (Lipinski definition) is 3. The van der Waals surface area contributed by atoms with E-state index in [1.165, 1.54) is 6.07 Å². The third kappa shape index (κ3) is 6.52. The van der Waals surface area contributed by atoms with Crippen LogP contribution in [0.1, 0.15) is 44.8 Å². The Labute approximate surface area is 165 Å². The van der Waals surface area contributed by atoms with E-state index < -0.39 is 0 Å². The summed E-state index contributed by atoms with van der Waals surface area (Å²) in [5, 5.41) is 0. The van der Waals surface area contributed by atoms with Gasteiger partial charge in [-0.1, -0.05) is 53.1 Å². The molecule has 0 N–H and O–H groups in total. The van der Waals surface area contributed by atoms with Gasteiger partial charge in [0.25, 0.3) is 0 Å². The SMILES string of the molecule is CC[C@@H]1Oc2oc(cc(=O)c2Br)CCC#CCC=CCC=CC[C@@H]1Br. The van der Waals surface area contributed by atoms with E-state index in [1.54, 1.807) is 0 Å². The van der Waals surface area contributed by atoms with Crippen molar-refractivity contribution in [2.75, 3.05) is 0 Å². The van der Waals surface area contributed by atoms with Crippen LogP contribution in [0.15, 0.2) is 44.1 Å². The van der Waals surface area contributed by atoms with Gasteiger partial charge in [-0.15, -0.1) is 5.92 Å². The van der Waals surface area contributed by atoms with Crippen LogP contribution in [0.5, 0.6) is 5.95 Å². The first kappa shape index (κ1) is 20.1. The zero-order valence-corrected chi connectivity index (χ0v) is 17.4. The number of aryl methyl sites for hydroxylation is 1. The molecule has 0 saturated carbocycles.